The van der Waals surface area contributed by atoms with Crippen molar-refractivity contribution in [1.82, 2.24) is 0 Å². The van der Waals surface area contributed by atoms with Crippen LogP contribution in [-0.2, 0) is 12.3 Å². The molecular weight excluding hydrogens is 232 g/mol. The Hall–Kier alpha value is -1.47. The summed E-state index contributed by atoms with van der Waals surface area (Å²) in [5, 5.41) is 0. The minimum absolute atomic E-state index is 0.569. The highest BCUT2D eigenvalue weighted by Gasteiger charge is 1.98. The summed E-state index contributed by atoms with van der Waals surface area (Å²) in [5.41, 5.74) is 3.69. The van der Waals surface area contributed by atoms with Gasteiger partial charge in [-0.2, -0.15) is 0 Å². The van der Waals surface area contributed by atoms with Gasteiger partial charge in [0.05, 0.1) is 7.11 Å². The molecule has 0 amide bonds. The van der Waals surface area contributed by atoms with Gasteiger partial charge >= 0.3 is 0 Å². The number of methoxy groups -OCH3 is 1. The third kappa shape index (κ3) is 3.24. The van der Waals surface area contributed by atoms with Crippen LogP contribution in [0.3, 0.4) is 0 Å². The fourth-order valence-electron chi connectivity index (χ4n) is 1.76. The Labute approximate surface area is 107 Å². The molecule has 0 saturated heterocycles. The second-order valence-corrected chi connectivity index (χ2v) is 4.25. The van der Waals surface area contributed by atoms with E-state index in [-0.39, 0.29) is 0 Å². The van der Waals surface area contributed by atoms with Gasteiger partial charge in [0.1, 0.15) is 5.75 Å². The first-order chi connectivity index (χ1) is 8.31. The van der Waals surface area contributed by atoms with Crippen molar-refractivity contribution in [2.75, 3.05) is 7.11 Å². The number of alkyl halides is 1. The summed E-state index contributed by atoms with van der Waals surface area (Å²) in [4.78, 5) is 0. The minimum atomic E-state index is 0.569. The van der Waals surface area contributed by atoms with Gasteiger partial charge < -0.3 is 4.74 Å². The van der Waals surface area contributed by atoms with Crippen molar-refractivity contribution >= 4 is 11.6 Å². The fourth-order valence-corrected chi connectivity index (χ4v) is 1.94. The van der Waals surface area contributed by atoms with E-state index in [0.29, 0.717) is 5.88 Å². The van der Waals surface area contributed by atoms with E-state index in [1.165, 1.54) is 11.1 Å². The topological polar surface area (TPSA) is 9.23 Å². The third-order valence-electron chi connectivity index (χ3n) is 2.72. The molecule has 0 radical (unpaired) electrons. The minimum Gasteiger partial charge on any atom is -0.497 e. The first-order valence-electron chi connectivity index (χ1n) is 5.58. The monoisotopic (exact) mass is 246 g/mol. The second kappa shape index (κ2) is 5.74. The standard InChI is InChI=1S/C15H15ClO/c1-17-15-4-2-3-14(10-15)9-12-5-7-13(11-16)8-6-12/h2-8,10H,9,11H2,1H3. The van der Waals surface area contributed by atoms with Crippen LogP contribution in [0.5, 0.6) is 5.75 Å². The molecule has 0 aromatic heterocycles. The highest BCUT2D eigenvalue weighted by molar-refractivity contribution is 6.17. The number of hydrogen-bond donors (Lipinski definition) is 0. The Morgan fingerprint density at radius 3 is 2.29 bits per heavy atom. The Balaban J connectivity index is 2.13. The zero-order valence-electron chi connectivity index (χ0n) is 9.82. The fraction of sp³-hybridized carbons (Fsp3) is 0.200. The Bertz CT molecular complexity index is 477. The van der Waals surface area contributed by atoms with Gasteiger partial charge in [-0.05, 0) is 35.2 Å². The van der Waals surface area contributed by atoms with E-state index in [1.54, 1.807) is 7.11 Å². The quantitative estimate of drug-likeness (QED) is 0.741. The zero-order chi connectivity index (χ0) is 12.1. The van der Waals surface area contributed by atoms with E-state index >= 15 is 0 Å². The van der Waals surface area contributed by atoms with E-state index in [4.69, 9.17) is 16.3 Å². The summed E-state index contributed by atoms with van der Waals surface area (Å²) in [7, 11) is 1.69. The molecule has 0 spiro atoms. The highest BCUT2D eigenvalue weighted by atomic mass is 35.5. The van der Waals surface area contributed by atoms with Gasteiger partial charge in [0.2, 0.25) is 0 Å². The predicted octanol–water partition coefficient (Wildman–Crippen LogP) is 4.02. The summed E-state index contributed by atoms with van der Waals surface area (Å²) < 4.78 is 5.21. The molecule has 0 bridgehead atoms. The summed E-state index contributed by atoms with van der Waals surface area (Å²) in [5.74, 6) is 1.47. The van der Waals surface area contributed by atoms with Crippen molar-refractivity contribution in [2.24, 2.45) is 0 Å². The van der Waals surface area contributed by atoms with Gasteiger partial charge in [-0.1, -0.05) is 36.4 Å². The maximum absolute atomic E-state index is 5.76. The smallest absolute Gasteiger partial charge is 0.119 e. The Kier molecular flexibility index (Phi) is 4.05. The molecule has 0 atom stereocenters. The molecule has 1 nitrogen and oxygen atoms in total. The van der Waals surface area contributed by atoms with Crippen LogP contribution in [0.25, 0.3) is 0 Å². The van der Waals surface area contributed by atoms with Gasteiger partial charge in [-0.25, -0.2) is 0 Å². The summed E-state index contributed by atoms with van der Waals surface area (Å²) >= 11 is 5.76. The molecule has 0 N–H and O–H groups in total. The van der Waals surface area contributed by atoms with E-state index in [1.807, 2.05) is 12.1 Å². The molecule has 17 heavy (non-hydrogen) atoms. The lowest BCUT2D eigenvalue weighted by Crippen LogP contribution is -1.90. The van der Waals surface area contributed by atoms with Crippen molar-refractivity contribution in [3.63, 3.8) is 0 Å². The van der Waals surface area contributed by atoms with Crippen LogP contribution >= 0.6 is 11.6 Å². The van der Waals surface area contributed by atoms with Crippen molar-refractivity contribution < 1.29 is 4.74 Å². The van der Waals surface area contributed by atoms with E-state index in [9.17, 15) is 0 Å². The van der Waals surface area contributed by atoms with Crippen LogP contribution < -0.4 is 4.74 Å². The van der Waals surface area contributed by atoms with Crippen molar-refractivity contribution in [3.05, 3.63) is 65.2 Å². The molecule has 2 rings (SSSR count). The second-order valence-electron chi connectivity index (χ2n) is 3.98. The van der Waals surface area contributed by atoms with Gasteiger partial charge in [0.25, 0.3) is 0 Å². The number of ether oxygens (including phenoxy) is 1. The molecule has 88 valence electrons. The molecular formula is C15H15ClO. The van der Waals surface area contributed by atoms with Crippen molar-refractivity contribution in [1.29, 1.82) is 0 Å². The van der Waals surface area contributed by atoms with Crippen LogP contribution in [-0.4, -0.2) is 7.11 Å². The lowest BCUT2D eigenvalue weighted by Gasteiger charge is -2.05. The first-order valence-corrected chi connectivity index (χ1v) is 6.12. The zero-order valence-corrected chi connectivity index (χ0v) is 10.6. The van der Waals surface area contributed by atoms with Crippen LogP contribution in [0.1, 0.15) is 16.7 Å². The van der Waals surface area contributed by atoms with Crippen LogP contribution in [0.4, 0.5) is 0 Å². The molecule has 0 heterocycles. The van der Waals surface area contributed by atoms with Crippen LogP contribution in [0, 0.1) is 0 Å². The lowest BCUT2D eigenvalue weighted by molar-refractivity contribution is 0.414. The Morgan fingerprint density at radius 1 is 0.941 bits per heavy atom. The van der Waals surface area contributed by atoms with Crippen molar-refractivity contribution in [2.45, 2.75) is 12.3 Å². The Morgan fingerprint density at radius 2 is 1.65 bits per heavy atom. The summed E-state index contributed by atoms with van der Waals surface area (Å²) in [6, 6.07) is 16.5. The van der Waals surface area contributed by atoms with E-state index in [0.717, 1.165) is 17.7 Å². The van der Waals surface area contributed by atoms with E-state index < -0.39 is 0 Å². The summed E-state index contributed by atoms with van der Waals surface area (Å²) in [6.45, 7) is 0. The molecule has 0 aliphatic carbocycles. The average Bonchev–Trinajstić information content (AvgIpc) is 2.40. The van der Waals surface area contributed by atoms with Gasteiger partial charge in [-0.3, -0.25) is 0 Å². The number of halogens is 1. The summed E-state index contributed by atoms with van der Waals surface area (Å²) in [6.07, 6.45) is 0.916. The van der Waals surface area contributed by atoms with Gasteiger partial charge in [0.15, 0.2) is 0 Å². The molecule has 0 fully saturated rings. The first kappa shape index (κ1) is 12.0. The van der Waals surface area contributed by atoms with Crippen molar-refractivity contribution in [3.8, 4) is 5.75 Å². The van der Waals surface area contributed by atoms with Crippen LogP contribution in [0.15, 0.2) is 48.5 Å². The number of hydrogen-bond acceptors (Lipinski definition) is 1. The number of rotatable bonds is 4. The third-order valence-corrected chi connectivity index (χ3v) is 3.03. The molecule has 0 aliphatic heterocycles. The molecule has 2 heteroatoms. The molecule has 2 aromatic rings. The average molecular weight is 247 g/mol. The maximum Gasteiger partial charge on any atom is 0.119 e. The van der Waals surface area contributed by atoms with Gasteiger partial charge in [0, 0.05) is 5.88 Å². The molecule has 0 saturated carbocycles. The normalized spacial score (nSPS) is 10.2. The van der Waals surface area contributed by atoms with Crippen LogP contribution in [0.2, 0.25) is 0 Å². The number of benzene rings is 2. The predicted molar refractivity (Wildman–Crippen MR) is 71.8 cm³/mol. The van der Waals surface area contributed by atoms with Gasteiger partial charge in [-0.15, -0.1) is 11.6 Å². The molecule has 0 unspecified atom stereocenters. The lowest BCUT2D eigenvalue weighted by atomic mass is 10.0. The maximum atomic E-state index is 5.76. The SMILES string of the molecule is COc1cccc(Cc2ccc(CCl)cc2)c1. The largest absolute Gasteiger partial charge is 0.497 e. The highest BCUT2D eigenvalue weighted by Crippen LogP contribution is 2.16. The molecule has 0 aliphatic rings. The molecule has 2 aromatic carbocycles. The van der Waals surface area contributed by atoms with E-state index in [2.05, 4.69) is 36.4 Å².